The van der Waals surface area contributed by atoms with E-state index in [4.69, 9.17) is 4.74 Å². The normalized spacial score (nSPS) is 9.81. The van der Waals surface area contributed by atoms with Crippen LogP contribution in [0.1, 0.15) is 19.8 Å². The second-order valence-corrected chi connectivity index (χ2v) is 4.50. The first-order valence-electron chi connectivity index (χ1n) is 5.33. The molecule has 0 fully saturated rings. The fourth-order valence-corrected chi connectivity index (χ4v) is 1.78. The molecular formula is C13H16O2S. The molecule has 0 aliphatic heterocycles. The summed E-state index contributed by atoms with van der Waals surface area (Å²) in [4.78, 5) is 12.9. The number of hydrogen-bond acceptors (Lipinski definition) is 3. The van der Waals surface area contributed by atoms with Gasteiger partial charge in [-0.2, -0.15) is 0 Å². The van der Waals surface area contributed by atoms with Crippen molar-refractivity contribution in [2.24, 2.45) is 0 Å². The third-order valence-corrected chi connectivity index (χ3v) is 2.86. The number of carbonyl (C=O) groups is 1. The summed E-state index contributed by atoms with van der Waals surface area (Å²) in [5, 5.41) is 0. The molecule has 0 spiro atoms. The van der Waals surface area contributed by atoms with E-state index in [1.54, 1.807) is 0 Å². The van der Waals surface area contributed by atoms with Crippen LogP contribution in [0.15, 0.2) is 46.7 Å². The Bertz CT molecular complexity index is 346. The Morgan fingerprint density at radius 3 is 2.69 bits per heavy atom. The third-order valence-electron chi connectivity index (χ3n) is 1.94. The van der Waals surface area contributed by atoms with Crippen LogP contribution < -0.4 is 0 Å². The molecule has 0 atom stereocenters. The zero-order valence-corrected chi connectivity index (χ0v) is 10.3. The van der Waals surface area contributed by atoms with Crippen molar-refractivity contribution in [1.82, 2.24) is 0 Å². The second-order valence-electron chi connectivity index (χ2n) is 3.33. The van der Waals surface area contributed by atoms with Crippen LogP contribution in [0.3, 0.4) is 0 Å². The molecule has 3 heteroatoms. The Morgan fingerprint density at radius 1 is 1.38 bits per heavy atom. The first kappa shape index (κ1) is 12.8. The van der Waals surface area contributed by atoms with Crippen LogP contribution in [0, 0.1) is 0 Å². The van der Waals surface area contributed by atoms with Gasteiger partial charge in [0.2, 0.25) is 0 Å². The maximum absolute atomic E-state index is 11.5. The predicted molar refractivity (Wildman–Crippen MR) is 67.3 cm³/mol. The van der Waals surface area contributed by atoms with Crippen LogP contribution >= 0.6 is 11.8 Å². The average Bonchev–Trinajstić information content (AvgIpc) is 2.30. The van der Waals surface area contributed by atoms with Gasteiger partial charge in [0.1, 0.15) is 0 Å². The van der Waals surface area contributed by atoms with Gasteiger partial charge >= 0.3 is 5.97 Å². The molecule has 0 aliphatic rings. The van der Waals surface area contributed by atoms with Gasteiger partial charge < -0.3 is 4.74 Å². The maximum atomic E-state index is 11.5. The number of hydrogen-bond donors (Lipinski definition) is 0. The number of benzene rings is 1. The lowest BCUT2D eigenvalue weighted by molar-refractivity contribution is -0.138. The van der Waals surface area contributed by atoms with Gasteiger partial charge in [0.25, 0.3) is 0 Å². The van der Waals surface area contributed by atoms with Gasteiger partial charge in [-0.3, -0.25) is 0 Å². The van der Waals surface area contributed by atoms with Crippen molar-refractivity contribution in [1.29, 1.82) is 0 Å². The van der Waals surface area contributed by atoms with E-state index in [9.17, 15) is 4.79 Å². The SMILES string of the molecule is C=C(Sc1ccccc1)C(=O)OCCCC. The summed E-state index contributed by atoms with van der Waals surface area (Å²) < 4.78 is 5.06. The third kappa shape index (κ3) is 4.53. The highest BCUT2D eigenvalue weighted by atomic mass is 32.2. The first-order chi connectivity index (χ1) is 7.74. The molecule has 0 saturated heterocycles. The van der Waals surface area contributed by atoms with Gasteiger partial charge in [-0.15, -0.1) is 0 Å². The summed E-state index contributed by atoms with van der Waals surface area (Å²) >= 11 is 1.34. The molecule has 0 amide bonds. The Kier molecular flexibility index (Phi) is 5.72. The molecule has 1 aromatic rings. The van der Waals surface area contributed by atoms with Crippen molar-refractivity contribution in [3.63, 3.8) is 0 Å². The minimum Gasteiger partial charge on any atom is -0.462 e. The number of rotatable bonds is 6. The highest BCUT2D eigenvalue weighted by Crippen LogP contribution is 2.25. The van der Waals surface area contributed by atoms with Crippen molar-refractivity contribution >= 4 is 17.7 Å². The van der Waals surface area contributed by atoms with E-state index in [1.807, 2.05) is 30.3 Å². The molecule has 0 radical (unpaired) electrons. The van der Waals surface area contributed by atoms with Gasteiger partial charge in [-0.1, -0.05) is 49.9 Å². The number of carbonyl (C=O) groups excluding carboxylic acids is 1. The Balaban J connectivity index is 2.38. The highest BCUT2D eigenvalue weighted by Gasteiger charge is 2.09. The Labute approximate surface area is 101 Å². The van der Waals surface area contributed by atoms with Crippen molar-refractivity contribution in [2.75, 3.05) is 6.61 Å². The van der Waals surface area contributed by atoms with Gasteiger partial charge in [-0.05, 0) is 18.6 Å². The summed E-state index contributed by atoms with van der Waals surface area (Å²) in [6.07, 6.45) is 1.92. The van der Waals surface area contributed by atoms with E-state index in [0.29, 0.717) is 11.5 Å². The van der Waals surface area contributed by atoms with Crippen LogP contribution in [0.5, 0.6) is 0 Å². The van der Waals surface area contributed by atoms with E-state index in [0.717, 1.165) is 17.7 Å². The smallest absolute Gasteiger partial charge is 0.344 e. The molecular weight excluding hydrogens is 220 g/mol. The van der Waals surface area contributed by atoms with Crippen molar-refractivity contribution < 1.29 is 9.53 Å². The number of ether oxygens (including phenoxy) is 1. The van der Waals surface area contributed by atoms with E-state index in [1.165, 1.54) is 11.8 Å². The molecule has 0 unspecified atom stereocenters. The molecule has 86 valence electrons. The highest BCUT2D eigenvalue weighted by molar-refractivity contribution is 8.04. The Hall–Kier alpha value is -1.22. The molecule has 0 aliphatic carbocycles. The van der Waals surface area contributed by atoms with E-state index >= 15 is 0 Å². The Morgan fingerprint density at radius 2 is 2.06 bits per heavy atom. The topological polar surface area (TPSA) is 26.3 Å². The minimum absolute atomic E-state index is 0.317. The van der Waals surface area contributed by atoms with Crippen molar-refractivity contribution in [3.8, 4) is 0 Å². The number of esters is 1. The van der Waals surface area contributed by atoms with E-state index in [2.05, 4.69) is 13.5 Å². The van der Waals surface area contributed by atoms with Gasteiger partial charge in [-0.25, -0.2) is 4.79 Å². The molecule has 1 aromatic carbocycles. The average molecular weight is 236 g/mol. The van der Waals surface area contributed by atoms with E-state index in [-0.39, 0.29) is 5.97 Å². The molecule has 0 saturated carbocycles. The second kappa shape index (κ2) is 7.12. The van der Waals surface area contributed by atoms with Crippen molar-refractivity contribution in [2.45, 2.75) is 24.7 Å². The zero-order chi connectivity index (χ0) is 11.8. The summed E-state index contributed by atoms with van der Waals surface area (Å²) in [5.74, 6) is -0.317. The quantitative estimate of drug-likeness (QED) is 0.326. The predicted octanol–water partition coefficient (Wildman–Crippen LogP) is 3.64. The molecule has 0 bridgehead atoms. The summed E-state index contributed by atoms with van der Waals surface area (Å²) in [5.41, 5.74) is 0. The fourth-order valence-electron chi connectivity index (χ4n) is 1.06. The fraction of sp³-hybridized carbons (Fsp3) is 0.308. The van der Waals surface area contributed by atoms with Crippen LogP contribution in [-0.4, -0.2) is 12.6 Å². The molecule has 0 aromatic heterocycles. The minimum atomic E-state index is -0.317. The molecule has 16 heavy (non-hydrogen) atoms. The monoisotopic (exact) mass is 236 g/mol. The van der Waals surface area contributed by atoms with Crippen LogP contribution in [0.2, 0.25) is 0 Å². The summed E-state index contributed by atoms with van der Waals surface area (Å²) in [6.45, 7) is 6.25. The first-order valence-corrected chi connectivity index (χ1v) is 6.14. The van der Waals surface area contributed by atoms with Gasteiger partial charge in [0, 0.05) is 4.90 Å². The van der Waals surface area contributed by atoms with Gasteiger partial charge in [0.15, 0.2) is 0 Å². The zero-order valence-electron chi connectivity index (χ0n) is 9.44. The summed E-state index contributed by atoms with van der Waals surface area (Å²) in [6, 6.07) is 9.67. The molecule has 0 N–H and O–H groups in total. The van der Waals surface area contributed by atoms with E-state index < -0.39 is 0 Å². The van der Waals surface area contributed by atoms with Gasteiger partial charge in [0.05, 0.1) is 11.5 Å². The molecule has 1 rings (SSSR count). The molecule has 2 nitrogen and oxygen atoms in total. The lowest BCUT2D eigenvalue weighted by atomic mass is 10.4. The van der Waals surface area contributed by atoms with Crippen LogP contribution in [0.25, 0.3) is 0 Å². The number of thioether (sulfide) groups is 1. The lowest BCUT2D eigenvalue weighted by Gasteiger charge is -2.05. The largest absolute Gasteiger partial charge is 0.462 e. The standard InChI is InChI=1S/C13H16O2S/c1-3-4-10-15-13(14)11(2)16-12-8-6-5-7-9-12/h5-9H,2-4,10H2,1H3. The number of unbranched alkanes of at least 4 members (excludes halogenated alkanes) is 1. The lowest BCUT2D eigenvalue weighted by Crippen LogP contribution is -2.06. The molecule has 0 heterocycles. The maximum Gasteiger partial charge on any atom is 0.344 e. The van der Waals surface area contributed by atoms with Crippen molar-refractivity contribution in [3.05, 3.63) is 41.8 Å². The summed E-state index contributed by atoms with van der Waals surface area (Å²) in [7, 11) is 0. The van der Waals surface area contributed by atoms with Crippen LogP contribution in [-0.2, 0) is 9.53 Å². The van der Waals surface area contributed by atoms with Crippen LogP contribution in [0.4, 0.5) is 0 Å².